The van der Waals surface area contributed by atoms with Gasteiger partial charge in [-0.25, -0.2) is 39.9 Å². The molecule has 0 aliphatic rings. The zero-order valence-corrected chi connectivity index (χ0v) is 47.0. The predicted octanol–water partition coefficient (Wildman–Crippen LogP) is 13.8. The maximum atomic E-state index is 5.79. The van der Waals surface area contributed by atoms with Gasteiger partial charge < -0.3 is 57.5 Å². The molecular formula is C58H58Cl2N12O8. The van der Waals surface area contributed by atoms with E-state index >= 15 is 0 Å². The Hall–Kier alpha value is -9.66. The largest absolute Gasteiger partial charge is 0.497 e. The molecule has 0 aliphatic carbocycles. The number of aromatic nitrogens is 8. The van der Waals surface area contributed by atoms with E-state index in [2.05, 4.69) is 45.2 Å². The number of ether oxygens (including phenoxy) is 4. The van der Waals surface area contributed by atoms with Gasteiger partial charge in [0.1, 0.15) is 70.9 Å². The number of hydrogen-bond acceptors (Lipinski definition) is 20. The molecule has 0 aliphatic heterocycles. The van der Waals surface area contributed by atoms with E-state index < -0.39 is 0 Å². The minimum atomic E-state index is 0. The van der Waals surface area contributed by atoms with Crippen LogP contribution < -0.4 is 39.8 Å². The number of nitrogens with two attached hydrogens (primary N) is 1. The van der Waals surface area contributed by atoms with Crippen molar-refractivity contribution in [1.29, 1.82) is 0 Å². The Morgan fingerprint density at radius 2 is 0.750 bits per heavy atom. The maximum absolute atomic E-state index is 5.79. The summed E-state index contributed by atoms with van der Waals surface area (Å²) in [5.74, 6) is 5.70. The van der Waals surface area contributed by atoms with Crippen LogP contribution in [-0.4, -0.2) is 82.4 Å². The van der Waals surface area contributed by atoms with Crippen LogP contribution in [0.25, 0.3) is 44.4 Å². The number of benzene rings is 4. The molecule has 80 heavy (non-hydrogen) atoms. The summed E-state index contributed by atoms with van der Waals surface area (Å²) in [6.45, 7) is 7.84. The van der Waals surface area contributed by atoms with Crippen molar-refractivity contribution in [2.24, 2.45) is 0 Å². The van der Waals surface area contributed by atoms with Gasteiger partial charge in [0, 0.05) is 53.5 Å². The van der Waals surface area contributed by atoms with E-state index in [-0.39, 0.29) is 12.4 Å². The zero-order valence-electron chi connectivity index (χ0n) is 45.5. The molecular weight excluding hydrogens is 1060 g/mol. The van der Waals surface area contributed by atoms with Gasteiger partial charge in [-0.3, -0.25) is 0 Å². The van der Waals surface area contributed by atoms with Crippen LogP contribution in [0.4, 0.5) is 40.2 Å². The van der Waals surface area contributed by atoms with E-state index in [1.54, 1.807) is 65.6 Å². The van der Waals surface area contributed by atoms with Crippen molar-refractivity contribution in [3.05, 3.63) is 175 Å². The molecule has 12 aromatic rings. The lowest BCUT2D eigenvalue weighted by Gasteiger charge is -2.19. The molecule has 0 saturated carbocycles. The zero-order chi connectivity index (χ0) is 56.0. The number of hydrogen-bond donors (Lipinski definition) is 2. The normalized spacial score (nSPS) is 10.4. The highest BCUT2D eigenvalue weighted by atomic mass is 35.5. The first-order valence-corrected chi connectivity index (χ1v) is 24.6. The summed E-state index contributed by atoms with van der Waals surface area (Å²) < 4.78 is 41.7. The Labute approximate surface area is 471 Å². The van der Waals surface area contributed by atoms with Crippen molar-refractivity contribution in [3.8, 4) is 23.0 Å². The highest BCUT2D eigenvalue weighted by Gasteiger charge is 2.17. The Morgan fingerprint density at radius 3 is 1.15 bits per heavy atom. The van der Waals surface area contributed by atoms with Crippen LogP contribution in [0.2, 0.25) is 5.15 Å². The second-order valence-electron chi connectivity index (χ2n) is 17.3. The average molecular weight is 1120 g/mol. The van der Waals surface area contributed by atoms with Gasteiger partial charge in [-0.15, -0.1) is 12.4 Å². The lowest BCUT2D eigenvalue weighted by Crippen LogP contribution is -2.11. The van der Waals surface area contributed by atoms with Crippen molar-refractivity contribution >= 4 is 109 Å². The molecule has 8 heterocycles. The van der Waals surface area contributed by atoms with Gasteiger partial charge >= 0.3 is 0 Å². The monoisotopic (exact) mass is 1120 g/mol. The summed E-state index contributed by atoms with van der Waals surface area (Å²) in [5.41, 5.74) is 15.5. The number of aryl methyl sites for hydroxylation is 4. The van der Waals surface area contributed by atoms with Gasteiger partial charge in [-0.05, 0) is 130 Å². The Kier molecular flexibility index (Phi) is 19.6. The summed E-state index contributed by atoms with van der Waals surface area (Å²) >= 11 is 5.79. The highest BCUT2D eigenvalue weighted by molar-refractivity contribution is 6.34. The number of nitrogen functional groups attached to an aromatic ring is 1. The average Bonchev–Trinajstić information content (AvgIpc) is 4.31. The molecule has 0 fully saturated rings. The Bertz CT molecular complexity index is 3760. The molecule has 0 atom stereocenters. The number of fused-ring (bicyclic) bond motifs is 4. The van der Waals surface area contributed by atoms with Crippen LogP contribution in [0.15, 0.2) is 165 Å². The molecule has 0 bridgehead atoms. The van der Waals surface area contributed by atoms with Crippen molar-refractivity contribution in [3.63, 3.8) is 0 Å². The minimum absolute atomic E-state index is 0. The number of methoxy groups -OCH3 is 4. The lowest BCUT2D eigenvalue weighted by atomic mass is 10.2. The molecule has 12 rings (SSSR count). The fraction of sp³-hybridized carbons (Fsp3) is 0.172. The molecule has 4 aromatic carbocycles. The molecule has 0 radical (unpaired) electrons. The summed E-state index contributed by atoms with van der Waals surface area (Å²) in [6.07, 6.45) is 12.6. The van der Waals surface area contributed by atoms with E-state index in [1.807, 2.05) is 137 Å². The lowest BCUT2D eigenvalue weighted by molar-refractivity contribution is 0.414. The van der Waals surface area contributed by atoms with Crippen molar-refractivity contribution in [2.45, 2.75) is 27.7 Å². The third-order valence-electron chi connectivity index (χ3n) is 12.2. The summed E-state index contributed by atoms with van der Waals surface area (Å²) in [5, 5.41) is 7.28. The summed E-state index contributed by atoms with van der Waals surface area (Å²) in [7, 11) is 10.5. The molecule has 412 valence electrons. The van der Waals surface area contributed by atoms with Crippen LogP contribution in [0, 0.1) is 27.7 Å². The van der Waals surface area contributed by atoms with Crippen LogP contribution >= 0.6 is 24.0 Å². The third-order valence-corrected chi connectivity index (χ3v) is 12.4. The minimum Gasteiger partial charge on any atom is -0.497 e. The van der Waals surface area contributed by atoms with Crippen molar-refractivity contribution in [1.82, 2.24) is 39.9 Å². The fourth-order valence-electron chi connectivity index (χ4n) is 7.86. The van der Waals surface area contributed by atoms with E-state index in [0.717, 1.165) is 107 Å². The first-order chi connectivity index (χ1) is 38.3. The van der Waals surface area contributed by atoms with Gasteiger partial charge in [-0.1, -0.05) is 11.6 Å². The smallest absolute Gasteiger partial charge is 0.231 e. The Morgan fingerprint density at radius 1 is 0.425 bits per heavy atom. The van der Waals surface area contributed by atoms with Crippen LogP contribution in [0.3, 0.4) is 0 Å². The Balaban J connectivity index is 0.000000148. The second-order valence-corrected chi connectivity index (χ2v) is 17.7. The van der Waals surface area contributed by atoms with Crippen molar-refractivity contribution < 1.29 is 36.6 Å². The molecule has 0 saturated heterocycles. The maximum Gasteiger partial charge on any atom is 0.231 e. The predicted molar refractivity (Wildman–Crippen MR) is 314 cm³/mol. The standard InChI is InChI=1S/2C15H15N3O2.C14H13N3O2.C7H5ClN2O.C7H9NO.ClH/c2*1-10-8-20-15-13(10)14(16-9-17-15)18(2)11-4-6-12(19-3)7-5-11;1-9-7-19-14-12(9)13(15-8-16-14)17-10-3-5-11(18-2)6-4-10;1-4-2-11-7-5(4)6(8)9-3-10-7;1-9-7-4-2-6(8)3-5-7;/h2*4-9H,1-3H3;3-8H,1-2H3,(H,15,16,17);2-3H,1H3;2-5H,8H2,1H3;1H/i2-1;;;;;. The quantitative estimate of drug-likeness (QED) is 0.0956. The molecule has 0 unspecified atom stereocenters. The summed E-state index contributed by atoms with van der Waals surface area (Å²) in [6, 6.07) is 30.6. The van der Waals surface area contributed by atoms with Gasteiger partial charge in [0.05, 0.1) is 75.0 Å². The van der Waals surface area contributed by atoms with Crippen molar-refractivity contribution in [2.75, 3.05) is 63.4 Å². The first kappa shape index (κ1) is 58.0. The van der Waals surface area contributed by atoms with Crippen LogP contribution in [-0.2, 0) is 0 Å². The van der Waals surface area contributed by atoms with E-state index in [9.17, 15) is 0 Å². The van der Waals surface area contributed by atoms with Crippen LogP contribution in [0.5, 0.6) is 23.0 Å². The highest BCUT2D eigenvalue weighted by Crippen LogP contribution is 2.34. The topological polar surface area (TPSA) is 237 Å². The van der Waals surface area contributed by atoms with Crippen LogP contribution in [0.1, 0.15) is 22.3 Å². The fourth-order valence-corrected chi connectivity index (χ4v) is 8.14. The number of nitrogens with zero attached hydrogens (tertiary/aromatic N) is 10. The van der Waals surface area contributed by atoms with E-state index in [1.165, 1.54) is 25.3 Å². The van der Waals surface area contributed by atoms with Gasteiger partial charge in [0.2, 0.25) is 22.9 Å². The number of rotatable bonds is 10. The summed E-state index contributed by atoms with van der Waals surface area (Å²) in [4.78, 5) is 37.2. The molecule has 0 spiro atoms. The van der Waals surface area contributed by atoms with E-state index in [4.69, 9.17) is 54.0 Å². The molecule has 0 amide bonds. The number of nitrogens with one attached hydrogen (secondary N) is 1. The third kappa shape index (κ3) is 13.7. The number of anilines is 7. The SMILES string of the molecule is COc1ccc(N(C)c2ncnc3occ(C)c23)cc1.COc1ccc(N([11CH3])c2ncnc3occ(C)c23)cc1.COc1ccc(N)cc1.COc1ccc(Nc2ncnc3occ(C)c23)cc1.Cc1coc2ncnc(Cl)c12.Cl. The molecule has 8 aromatic heterocycles. The first-order valence-electron chi connectivity index (χ1n) is 24.3. The van der Waals surface area contributed by atoms with E-state index in [0.29, 0.717) is 28.0 Å². The van der Waals surface area contributed by atoms with Gasteiger partial charge in [0.15, 0.2) is 0 Å². The van der Waals surface area contributed by atoms with Gasteiger partial charge in [0.25, 0.3) is 0 Å². The molecule has 22 heteroatoms. The number of furan rings is 4. The second kappa shape index (κ2) is 27.1. The van der Waals surface area contributed by atoms with Gasteiger partial charge in [-0.2, -0.15) is 0 Å². The molecule has 20 nitrogen and oxygen atoms in total. The number of halogens is 2. The molecule has 3 N–H and O–H groups in total.